The van der Waals surface area contributed by atoms with Crippen molar-refractivity contribution in [3.63, 3.8) is 0 Å². The second kappa shape index (κ2) is 6.70. The van der Waals surface area contributed by atoms with E-state index in [0.29, 0.717) is 24.6 Å². The van der Waals surface area contributed by atoms with Gasteiger partial charge in [0.05, 0.1) is 5.03 Å². The molecule has 0 aliphatic carbocycles. The van der Waals surface area contributed by atoms with Gasteiger partial charge in [-0.15, -0.1) is 11.8 Å². The highest BCUT2D eigenvalue weighted by molar-refractivity contribution is 7.99. The van der Waals surface area contributed by atoms with Gasteiger partial charge in [0.15, 0.2) is 0 Å². The SMILES string of the molecule is CC(CCCN1C(=O)CCC1=O)Sc1ccccn1. The fraction of sp³-hybridized carbons (Fsp3) is 0.500. The van der Waals surface area contributed by atoms with Crippen molar-refractivity contribution in [2.45, 2.75) is 42.9 Å². The maximum absolute atomic E-state index is 11.4. The standard InChI is InChI=1S/C14H18N2O2S/c1-11(19-12-6-2-3-9-15-12)5-4-10-16-13(17)7-8-14(16)18/h2-3,6,9,11H,4-5,7-8,10H2,1H3. The third kappa shape index (κ3) is 4.06. The van der Waals surface area contributed by atoms with Crippen molar-refractivity contribution in [1.82, 2.24) is 9.88 Å². The summed E-state index contributed by atoms with van der Waals surface area (Å²) >= 11 is 1.73. The smallest absolute Gasteiger partial charge is 0.229 e. The van der Waals surface area contributed by atoms with E-state index in [1.54, 1.807) is 18.0 Å². The number of aromatic nitrogens is 1. The largest absolute Gasteiger partial charge is 0.283 e. The van der Waals surface area contributed by atoms with Crippen molar-refractivity contribution in [3.05, 3.63) is 24.4 Å². The third-order valence-electron chi connectivity index (χ3n) is 3.11. The summed E-state index contributed by atoms with van der Waals surface area (Å²) in [6.45, 7) is 2.71. The summed E-state index contributed by atoms with van der Waals surface area (Å²) in [5, 5.41) is 1.45. The van der Waals surface area contributed by atoms with E-state index < -0.39 is 0 Å². The summed E-state index contributed by atoms with van der Waals surface area (Å²) in [6.07, 6.45) is 4.39. The lowest BCUT2D eigenvalue weighted by molar-refractivity contribution is -0.138. The van der Waals surface area contributed by atoms with Crippen LogP contribution in [0.2, 0.25) is 0 Å². The molecule has 102 valence electrons. The van der Waals surface area contributed by atoms with Gasteiger partial charge in [0.25, 0.3) is 0 Å². The van der Waals surface area contributed by atoms with E-state index in [4.69, 9.17) is 0 Å². The van der Waals surface area contributed by atoms with Crippen molar-refractivity contribution in [3.8, 4) is 0 Å². The number of likely N-dealkylation sites (tertiary alicyclic amines) is 1. The molecule has 1 saturated heterocycles. The van der Waals surface area contributed by atoms with Gasteiger partial charge in [-0.05, 0) is 25.0 Å². The fourth-order valence-electron chi connectivity index (χ4n) is 2.09. The van der Waals surface area contributed by atoms with E-state index in [9.17, 15) is 9.59 Å². The molecule has 1 unspecified atom stereocenters. The van der Waals surface area contributed by atoms with E-state index in [-0.39, 0.29) is 11.8 Å². The molecule has 1 fully saturated rings. The summed E-state index contributed by atoms with van der Waals surface area (Å²) in [4.78, 5) is 28.6. The molecule has 5 heteroatoms. The van der Waals surface area contributed by atoms with Gasteiger partial charge < -0.3 is 0 Å². The number of rotatable bonds is 6. The molecule has 1 atom stereocenters. The predicted molar refractivity (Wildman–Crippen MR) is 74.7 cm³/mol. The molecule has 0 saturated carbocycles. The predicted octanol–water partition coefficient (Wildman–Crippen LogP) is 2.49. The molecule has 0 bridgehead atoms. The number of carbonyl (C=O) groups is 2. The lowest BCUT2D eigenvalue weighted by atomic mass is 10.2. The molecule has 1 aromatic rings. The normalized spacial score (nSPS) is 17.0. The average Bonchev–Trinajstić information content (AvgIpc) is 2.71. The van der Waals surface area contributed by atoms with Gasteiger partial charge in [0, 0.05) is 30.8 Å². The van der Waals surface area contributed by atoms with Crippen LogP contribution in [0.3, 0.4) is 0 Å². The van der Waals surface area contributed by atoms with Gasteiger partial charge >= 0.3 is 0 Å². The van der Waals surface area contributed by atoms with E-state index in [1.807, 2.05) is 18.2 Å². The number of imide groups is 1. The lowest BCUT2D eigenvalue weighted by Crippen LogP contribution is -2.30. The second-order valence-electron chi connectivity index (χ2n) is 4.68. The van der Waals surface area contributed by atoms with Crippen LogP contribution in [0.5, 0.6) is 0 Å². The molecule has 0 spiro atoms. The topological polar surface area (TPSA) is 50.3 Å². The number of nitrogens with zero attached hydrogens (tertiary/aromatic N) is 2. The van der Waals surface area contributed by atoms with Gasteiger partial charge in [0.1, 0.15) is 0 Å². The van der Waals surface area contributed by atoms with Crippen LogP contribution in [0, 0.1) is 0 Å². The van der Waals surface area contributed by atoms with Crippen LogP contribution < -0.4 is 0 Å². The van der Waals surface area contributed by atoms with Crippen LogP contribution in [0.1, 0.15) is 32.6 Å². The molecule has 1 aromatic heterocycles. The fourth-order valence-corrected chi connectivity index (χ4v) is 3.07. The minimum absolute atomic E-state index is 0.0185. The molecule has 0 N–H and O–H groups in total. The Morgan fingerprint density at radius 1 is 1.32 bits per heavy atom. The molecule has 1 aliphatic heterocycles. The molecule has 1 aliphatic rings. The molecular formula is C14H18N2O2S. The van der Waals surface area contributed by atoms with Crippen molar-refractivity contribution < 1.29 is 9.59 Å². The van der Waals surface area contributed by atoms with Gasteiger partial charge in [0.2, 0.25) is 11.8 Å². The first-order chi connectivity index (χ1) is 9.16. The third-order valence-corrected chi connectivity index (χ3v) is 4.23. The Hall–Kier alpha value is -1.36. The summed E-state index contributed by atoms with van der Waals surface area (Å²) in [5.74, 6) is -0.0370. The van der Waals surface area contributed by atoms with Crippen molar-refractivity contribution in [2.75, 3.05) is 6.54 Å². The minimum atomic E-state index is -0.0185. The maximum atomic E-state index is 11.4. The molecule has 2 heterocycles. The van der Waals surface area contributed by atoms with Gasteiger partial charge in [-0.3, -0.25) is 14.5 Å². The molecule has 2 amide bonds. The zero-order valence-electron chi connectivity index (χ0n) is 11.0. The minimum Gasteiger partial charge on any atom is -0.283 e. The number of thioether (sulfide) groups is 1. The van der Waals surface area contributed by atoms with Crippen LogP contribution in [0.4, 0.5) is 0 Å². The van der Waals surface area contributed by atoms with Crippen LogP contribution in [0.15, 0.2) is 29.4 Å². The van der Waals surface area contributed by atoms with E-state index in [1.165, 1.54) is 4.90 Å². The van der Waals surface area contributed by atoms with E-state index in [0.717, 1.165) is 17.9 Å². The molecule has 19 heavy (non-hydrogen) atoms. The van der Waals surface area contributed by atoms with E-state index in [2.05, 4.69) is 11.9 Å². The Labute approximate surface area is 117 Å². The molecular weight excluding hydrogens is 260 g/mol. The van der Waals surface area contributed by atoms with Crippen molar-refractivity contribution in [2.24, 2.45) is 0 Å². The monoisotopic (exact) mass is 278 g/mol. The van der Waals surface area contributed by atoms with Crippen molar-refractivity contribution in [1.29, 1.82) is 0 Å². The highest BCUT2D eigenvalue weighted by atomic mass is 32.2. The molecule has 2 rings (SSSR count). The first kappa shape index (κ1) is 14.1. The van der Waals surface area contributed by atoms with Crippen LogP contribution in [0.25, 0.3) is 0 Å². The summed E-state index contributed by atoms with van der Waals surface area (Å²) < 4.78 is 0. The second-order valence-corrected chi connectivity index (χ2v) is 6.14. The van der Waals surface area contributed by atoms with Gasteiger partial charge in [-0.25, -0.2) is 4.98 Å². The number of hydrogen-bond donors (Lipinski definition) is 0. The van der Waals surface area contributed by atoms with Crippen LogP contribution >= 0.6 is 11.8 Å². The Balaban J connectivity index is 1.71. The Morgan fingerprint density at radius 2 is 2.05 bits per heavy atom. The summed E-state index contributed by atoms with van der Waals surface area (Å²) in [7, 11) is 0. The summed E-state index contributed by atoms with van der Waals surface area (Å²) in [5.41, 5.74) is 0. The quantitative estimate of drug-likeness (QED) is 0.592. The van der Waals surface area contributed by atoms with E-state index >= 15 is 0 Å². The summed E-state index contributed by atoms with van der Waals surface area (Å²) in [6, 6.07) is 5.87. The molecule has 4 nitrogen and oxygen atoms in total. The zero-order valence-corrected chi connectivity index (χ0v) is 11.9. The molecule has 0 aromatic carbocycles. The van der Waals surface area contributed by atoms with Gasteiger partial charge in [-0.1, -0.05) is 13.0 Å². The first-order valence-electron chi connectivity index (χ1n) is 6.57. The Bertz CT molecular complexity index is 434. The van der Waals surface area contributed by atoms with Crippen LogP contribution in [-0.2, 0) is 9.59 Å². The number of hydrogen-bond acceptors (Lipinski definition) is 4. The average molecular weight is 278 g/mol. The Morgan fingerprint density at radius 3 is 2.68 bits per heavy atom. The van der Waals surface area contributed by atoms with Gasteiger partial charge in [-0.2, -0.15) is 0 Å². The first-order valence-corrected chi connectivity index (χ1v) is 7.45. The highest BCUT2D eigenvalue weighted by Crippen LogP contribution is 2.24. The highest BCUT2D eigenvalue weighted by Gasteiger charge is 2.28. The number of pyridine rings is 1. The number of carbonyl (C=O) groups excluding carboxylic acids is 2. The maximum Gasteiger partial charge on any atom is 0.229 e. The number of amides is 2. The van der Waals surface area contributed by atoms with Crippen LogP contribution in [-0.4, -0.2) is 33.5 Å². The zero-order chi connectivity index (χ0) is 13.7. The lowest BCUT2D eigenvalue weighted by Gasteiger charge is -2.15. The van der Waals surface area contributed by atoms with Crippen molar-refractivity contribution >= 4 is 23.6 Å². The Kier molecular flexibility index (Phi) is 4.96. The molecule has 0 radical (unpaired) electrons.